The number of rotatable bonds is 5. The maximum atomic E-state index is 14.9. The van der Waals surface area contributed by atoms with Crippen molar-refractivity contribution in [2.24, 2.45) is 0 Å². The van der Waals surface area contributed by atoms with Crippen molar-refractivity contribution in [1.82, 2.24) is 9.97 Å². The average molecular weight is 430 g/mol. The molecular formula is C21H20F2N4O2S. The molecule has 0 aliphatic carbocycles. The lowest BCUT2D eigenvalue weighted by Gasteiger charge is -2.23. The van der Waals surface area contributed by atoms with Gasteiger partial charge < -0.3 is 15.2 Å². The van der Waals surface area contributed by atoms with Crippen LogP contribution < -0.4 is 15.2 Å². The third-order valence-corrected chi connectivity index (χ3v) is 6.13. The van der Waals surface area contributed by atoms with Gasteiger partial charge in [-0.1, -0.05) is 17.9 Å². The van der Waals surface area contributed by atoms with Crippen molar-refractivity contribution in [3.63, 3.8) is 0 Å². The standard InChI is InChI=1S/C21H20F2N4O2S/c1-29-15-6-4-7-16(11-15)30(2,28)27-19-10-9-18(22)17(20(19)23)8-3-5-14-12-25-21(24)26-13-14/h4,6-7,9-13,30H,5H2,1-2H3,(H,27,28)(H2,24,25,26). The van der Waals surface area contributed by atoms with Crippen LogP contribution in [-0.4, -0.2) is 27.5 Å². The van der Waals surface area contributed by atoms with Gasteiger partial charge in [0, 0.05) is 35.5 Å². The van der Waals surface area contributed by atoms with E-state index in [1.54, 1.807) is 24.3 Å². The van der Waals surface area contributed by atoms with Crippen LogP contribution in [0.25, 0.3) is 0 Å². The Morgan fingerprint density at radius 2 is 1.93 bits per heavy atom. The first kappa shape index (κ1) is 21.2. The molecule has 0 atom stereocenters. The van der Waals surface area contributed by atoms with Crippen LogP contribution in [0.3, 0.4) is 0 Å². The van der Waals surface area contributed by atoms with Crippen LogP contribution in [0.15, 0.2) is 53.7 Å². The highest BCUT2D eigenvalue weighted by atomic mass is 32.3. The smallest absolute Gasteiger partial charge is 0.219 e. The Morgan fingerprint density at radius 3 is 2.63 bits per heavy atom. The van der Waals surface area contributed by atoms with Crippen LogP contribution in [0, 0.1) is 23.5 Å². The number of anilines is 2. The number of nitrogen functional groups attached to an aromatic ring is 1. The van der Waals surface area contributed by atoms with Crippen molar-refractivity contribution in [1.29, 1.82) is 0 Å². The molecular weight excluding hydrogens is 410 g/mol. The first-order valence-electron chi connectivity index (χ1n) is 8.84. The summed E-state index contributed by atoms with van der Waals surface area (Å²) in [5.74, 6) is 4.10. The molecule has 0 unspecified atom stereocenters. The summed E-state index contributed by atoms with van der Waals surface area (Å²) in [4.78, 5) is 8.12. The Morgan fingerprint density at radius 1 is 1.20 bits per heavy atom. The molecule has 0 saturated carbocycles. The molecule has 0 fully saturated rings. The number of nitrogens with one attached hydrogen (secondary N) is 1. The zero-order valence-electron chi connectivity index (χ0n) is 16.3. The van der Waals surface area contributed by atoms with Crippen LogP contribution in [0.4, 0.5) is 20.4 Å². The van der Waals surface area contributed by atoms with Crippen molar-refractivity contribution in [2.45, 2.75) is 11.3 Å². The zero-order valence-corrected chi connectivity index (χ0v) is 17.2. The molecule has 156 valence electrons. The van der Waals surface area contributed by atoms with Gasteiger partial charge in [0.05, 0.1) is 18.4 Å². The van der Waals surface area contributed by atoms with Gasteiger partial charge in [-0.3, -0.25) is 4.21 Å². The van der Waals surface area contributed by atoms with E-state index in [4.69, 9.17) is 10.5 Å². The van der Waals surface area contributed by atoms with E-state index in [0.717, 1.165) is 6.07 Å². The fourth-order valence-electron chi connectivity index (χ4n) is 2.61. The molecule has 2 aromatic carbocycles. The van der Waals surface area contributed by atoms with Crippen LogP contribution >= 0.6 is 0 Å². The molecule has 0 amide bonds. The maximum Gasteiger partial charge on any atom is 0.219 e. The molecule has 30 heavy (non-hydrogen) atoms. The van der Waals surface area contributed by atoms with Crippen molar-refractivity contribution in [2.75, 3.05) is 23.8 Å². The summed E-state index contributed by atoms with van der Waals surface area (Å²) in [5, 5.41) is 0. The molecule has 0 spiro atoms. The normalized spacial score (nSPS) is 11.3. The third-order valence-electron chi connectivity index (χ3n) is 4.20. The quantitative estimate of drug-likeness (QED) is 0.428. The van der Waals surface area contributed by atoms with Gasteiger partial charge in [0.1, 0.15) is 11.6 Å². The summed E-state index contributed by atoms with van der Waals surface area (Å²) in [5.41, 5.74) is 5.55. The fraction of sp³-hybridized carbons (Fsp3) is 0.143. The Balaban J connectivity index is 1.86. The molecule has 0 aliphatic heterocycles. The summed E-state index contributed by atoms with van der Waals surface area (Å²) < 4.78 is 50.1. The summed E-state index contributed by atoms with van der Waals surface area (Å²) >= 11 is 0. The molecule has 3 rings (SSSR count). The highest BCUT2D eigenvalue weighted by Gasteiger charge is 2.18. The maximum absolute atomic E-state index is 14.9. The van der Waals surface area contributed by atoms with E-state index in [2.05, 4.69) is 26.5 Å². The van der Waals surface area contributed by atoms with Gasteiger partial charge >= 0.3 is 0 Å². The number of methoxy groups -OCH3 is 1. The summed E-state index contributed by atoms with van der Waals surface area (Å²) in [6.07, 6.45) is 4.62. The predicted molar refractivity (Wildman–Crippen MR) is 114 cm³/mol. The van der Waals surface area contributed by atoms with Gasteiger partial charge in [0.2, 0.25) is 5.95 Å². The Bertz CT molecular complexity index is 1170. The molecule has 0 bridgehead atoms. The second kappa shape index (κ2) is 8.88. The third kappa shape index (κ3) is 4.90. The summed E-state index contributed by atoms with van der Waals surface area (Å²) in [6, 6.07) is 8.91. The number of aromatic nitrogens is 2. The lowest BCUT2D eigenvalue weighted by Crippen LogP contribution is -2.21. The minimum Gasteiger partial charge on any atom is -0.497 e. The lowest BCUT2D eigenvalue weighted by molar-refractivity contribution is 0.413. The monoisotopic (exact) mass is 430 g/mol. The Hall–Kier alpha value is -3.51. The molecule has 1 aromatic heterocycles. The topological polar surface area (TPSA) is 90.1 Å². The van der Waals surface area contributed by atoms with Crippen molar-refractivity contribution < 1.29 is 17.7 Å². The van der Waals surface area contributed by atoms with Crippen LogP contribution in [-0.2, 0) is 16.5 Å². The van der Waals surface area contributed by atoms with Crippen molar-refractivity contribution in [3.8, 4) is 17.6 Å². The predicted octanol–water partition coefficient (Wildman–Crippen LogP) is 2.97. The van der Waals surface area contributed by atoms with E-state index in [1.165, 1.54) is 31.8 Å². The SMILES string of the molecule is COc1cccc([SH](C)(=O)Nc2ccc(F)c(C#CCc3cnc(N)nc3)c2F)c1. The second-order valence-corrected chi connectivity index (χ2v) is 9.04. The van der Waals surface area contributed by atoms with Gasteiger partial charge in [-0.25, -0.2) is 18.7 Å². The molecule has 9 heteroatoms. The number of benzene rings is 2. The number of nitrogens with two attached hydrogens (primary N) is 1. The number of halogens is 2. The van der Waals surface area contributed by atoms with E-state index in [9.17, 15) is 13.0 Å². The molecule has 0 radical (unpaired) electrons. The Labute approximate surface area is 174 Å². The number of hydrogen-bond donors (Lipinski definition) is 3. The Kier molecular flexibility index (Phi) is 6.28. The lowest BCUT2D eigenvalue weighted by atomic mass is 10.1. The summed E-state index contributed by atoms with van der Waals surface area (Å²) in [6.45, 7) is 0. The number of hydrogen-bond acceptors (Lipinski definition) is 5. The van der Waals surface area contributed by atoms with E-state index in [1.807, 2.05) is 0 Å². The minimum absolute atomic E-state index is 0.106. The highest BCUT2D eigenvalue weighted by Crippen LogP contribution is 2.27. The highest BCUT2D eigenvalue weighted by molar-refractivity contribution is 8.03. The van der Waals surface area contributed by atoms with Gasteiger partial charge in [-0.05, 0) is 40.5 Å². The zero-order chi connectivity index (χ0) is 21.7. The van der Waals surface area contributed by atoms with Crippen molar-refractivity contribution in [3.05, 3.63) is 71.6 Å². The van der Waals surface area contributed by atoms with E-state index in [0.29, 0.717) is 16.2 Å². The number of thiol groups is 1. The largest absolute Gasteiger partial charge is 0.497 e. The number of ether oxygens (including phenoxy) is 1. The van der Waals surface area contributed by atoms with Gasteiger partial charge in [0.15, 0.2) is 5.82 Å². The second-order valence-electron chi connectivity index (χ2n) is 6.45. The molecule has 3 aromatic rings. The van der Waals surface area contributed by atoms with Gasteiger partial charge in [0.25, 0.3) is 0 Å². The molecule has 0 aliphatic rings. The van der Waals surface area contributed by atoms with Gasteiger partial charge in [-0.2, -0.15) is 0 Å². The van der Waals surface area contributed by atoms with Crippen LogP contribution in [0.2, 0.25) is 0 Å². The number of nitrogens with zero attached hydrogens (tertiary/aromatic N) is 2. The van der Waals surface area contributed by atoms with Gasteiger partial charge in [-0.15, -0.1) is 0 Å². The first-order valence-corrected chi connectivity index (χ1v) is 11.0. The van der Waals surface area contributed by atoms with Crippen LogP contribution in [0.5, 0.6) is 5.75 Å². The van der Waals surface area contributed by atoms with Crippen molar-refractivity contribution >= 4 is 21.8 Å². The van der Waals surface area contributed by atoms with E-state index < -0.39 is 27.3 Å². The van der Waals surface area contributed by atoms with E-state index >= 15 is 0 Å². The van der Waals surface area contributed by atoms with Crippen LogP contribution in [0.1, 0.15) is 11.1 Å². The molecule has 0 saturated heterocycles. The molecule has 3 N–H and O–H groups in total. The molecule has 6 nitrogen and oxygen atoms in total. The molecule has 1 heterocycles. The first-order chi connectivity index (χ1) is 14.3. The van der Waals surface area contributed by atoms with E-state index in [-0.39, 0.29) is 18.1 Å². The fourth-order valence-corrected chi connectivity index (χ4v) is 4.12. The average Bonchev–Trinajstić information content (AvgIpc) is 2.74. The summed E-state index contributed by atoms with van der Waals surface area (Å²) in [7, 11) is -1.72. The minimum atomic E-state index is -3.22.